The van der Waals surface area contributed by atoms with Crippen molar-refractivity contribution in [1.82, 2.24) is 4.98 Å². The van der Waals surface area contributed by atoms with Crippen LogP contribution in [0.25, 0.3) is 6.08 Å². The fraction of sp³-hybridized carbons (Fsp3) is 0. The number of aliphatic carboxylic acids is 1. The molecule has 2 N–H and O–H groups in total. The van der Waals surface area contributed by atoms with Gasteiger partial charge in [-0.25, -0.2) is 9.78 Å². The molecule has 0 aliphatic heterocycles. The first-order valence-corrected chi connectivity index (χ1v) is 6.78. The summed E-state index contributed by atoms with van der Waals surface area (Å²) in [5, 5.41) is 11.3. The van der Waals surface area contributed by atoms with Gasteiger partial charge in [-0.3, -0.25) is 4.79 Å². The van der Waals surface area contributed by atoms with Crippen molar-refractivity contribution in [3.63, 3.8) is 0 Å². The van der Waals surface area contributed by atoms with Crippen LogP contribution in [0.2, 0.25) is 0 Å². The molecule has 106 valence electrons. The van der Waals surface area contributed by atoms with Gasteiger partial charge in [-0.05, 0) is 51.8 Å². The molecule has 0 bridgehead atoms. The van der Waals surface area contributed by atoms with Gasteiger partial charge in [-0.15, -0.1) is 0 Å². The molecule has 0 aliphatic rings. The number of nitrogens with zero attached hydrogens (tertiary/aromatic N) is 1. The molecule has 2 aromatic rings. The lowest BCUT2D eigenvalue weighted by atomic mass is 10.2. The first kappa shape index (κ1) is 14.9. The fourth-order valence-corrected chi connectivity index (χ4v) is 1.79. The van der Waals surface area contributed by atoms with E-state index in [2.05, 4.69) is 26.2 Å². The molecule has 1 aromatic heterocycles. The standard InChI is InChI=1S/C15H11BrN2O3/c16-13-7-4-11(9-17-13)15(21)18-12-5-1-10(2-6-12)3-8-14(19)20/h1-9H,(H,18,21)(H,19,20). The van der Waals surface area contributed by atoms with E-state index in [0.717, 1.165) is 11.6 Å². The summed E-state index contributed by atoms with van der Waals surface area (Å²) in [6.45, 7) is 0. The number of amides is 1. The van der Waals surface area contributed by atoms with Crippen LogP contribution in [-0.4, -0.2) is 22.0 Å². The second-order valence-electron chi connectivity index (χ2n) is 4.12. The lowest BCUT2D eigenvalue weighted by Crippen LogP contribution is -2.11. The molecule has 6 heteroatoms. The minimum atomic E-state index is -1.00. The molecule has 0 spiro atoms. The second-order valence-corrected chi connectivity index (χ2v) is 4.93. The summed E-state index contributed by atoms with van der Waals surface area (Å²) in [6, 6.07) is 10.2. The number of benzene rings is 1. The highest BCUT2D eigenvalue weighted by Gasteiger charge is 2.06. The normalized spacial score (nSPS) is 10.5. The molecule has 0 unspecified atom stereocenters. The molecule has 2 rings (SSSR count). The number of carboxylic acids is 1. The maximum absolute atomic E-state index is 12.0. The van der Waals surface area contributed by atoms with Gasteiger partial charge in [-0.2, -0.15) is 0 Å². The Morgan fingerprint density at radius 3 is 2.43 bits per heavy atom. The van der Waals surface area contributed by atoms with Crippen LogP contribution in [0.15, 0.2) is 53.3 Å². The van der Waals surface area contributed by atoms with Crippen molar-refractivity contribution in [1.29, 1.82) is 0 Å². The monoisotopic (exact) mass is 346 g/mol. The van der Waals surface area contributed by atoms with Gasteiger partial charge in [0.25, 0.3) is 5.91 Å². The van der Waals surface area contributed by atoms with Crippen LogP contribution in [0, 0.1) is 0 Å². The lowest BCUT2D eigenvalue weighted by Gasteiger charge is -2.05. The maximum atomic E-state index is 12.0. The Morgan fingerprint density at radius 2 is 1.86 bits per heavy atom. The van der Waals surface area contributed by atoms with Crippen LogP contribution in [0.1, 0.15) is 15.9 Å². The van der Waals surface area contributed by atoms with Gasteiger partial charge in [0.1, 0.15) is 4.60 Å². The summed E-state index contributed by atoms with van der Waals surface area (Å²) in [5.41, 5.74) is 1.81. The molecule has 0 saturated carbocycles. The van der Waals surface area contributed by atoms with Gasteiger partial charge in [0.2, 0.25) is 0 Å². The van der Waals surface area contributed by atoms with E-state index >= 15 is 0 Å². The van der Waals surface area contributed by atoms with Gasteiger partial charge < -0.3 is 10.4 Å². The number of anilines is 1. The molecule has 0 aliphatic carbocycles. The van der Waals surface area contributed by atoms with Crippen LogP contribution in [0.5, 0.6) is 0 Å². The zero-order valence-electron chi connectivity index (χ0n) is 10.8. The van der Waals surface area contributed by atoms with Crippen LogP contribution in [-0.2, 0) is 4.79 Å². The zero-order valence-corrected chi connectivity index (χ0v) is 12.4. The molecule has 1 heterocycles. The topological polar surface area (TPSA) is 79.3 Å². The third-order valence-corrected chi connectivity index (χ3v) is 3.05. The van der Waals surface area contributed by atoms with E-state index in [-0.39, 0.29) is 5.91 Å². The molecular formula is C15H11BrN2O3. The van der Waals surface area contributed by atoms with Crippen LogP contribution in [0.3, 0.4) is 0 Å². The van der Waals surface area contributed by atoms with Crippen molar-refractivity contribution < 1.29 is 14.7 Å². The quantitative estimate of drug-likeness (QED) is 0.658. The molecule has 0 fully saturated rings. The van der Waals surface area contributed by atoms with Crippen molar-refractivity contribution in [2.45, 2.75) is 0 Å². The summed E-state index contributed by atoms with van der Waals surface area (Å²) in [7, 11) is 0. The summed E-state index contributed by atoms with van der Waals surface area (Å²) < 4.78 is 0.661. The molecule has 1 amide bonds. The predicted molar refractivity (Wildman–Crippen MR) is 83.0 cm³/mol. The second kappa shape index (κ2) is 6.81. The third-order valence-electron chi connectivity index (χ3n) is 2.58. The van der Waals surface area contributed by atoms with E-state index < -0.39 is 5.97 Å². The number of halogens is 1. The zero-order chi connectivity index (χ0) is 15.2. The smallest absolute Gasteiger partial charge is 0.328 e. The minimum Gasteiger partial charge on any atom is -0.478 e. The van der Waals surface area contributed by atoms with Crippen LogP contribution >= 0.6 is 15.9 Å². The number of carboxylic acid groups (broad SMARTS) is 1. The van der Waals surface area contributed by atoms with Crippen molar-refractivity contribution in [3.05, 3.63) is 64.4 Å². The van der Waals surface area contributed by atoms with Crippen LogP contribution < -0.4 is 5.32 Å². The highest BCUT2D eigenvalue weighted by molar-refractivity contribution is 9.10. The first-order valence-electron chi connectivity index (χ1n) is 5.98. The summed E-state index contributed by atoms with van der Waals surface area (Å²) in [5.74, 6) is -1.26. The molecule has 0 saturated heterocycles. The fourth-order valence-electron chi connectivity index (χ4n) is 1.56. The number of aromatic nitrogens is 1. The predicted octanol–water partition coefficient (Wildman–Crippen LogP) is 3.19. The SMILES string of the molecule is O=C(O)C=Cc1ccc(NC(=O)c2ccc(Br)nc2)cc1. The Labute approximate surface area is 129 Å². The molecule has 0 radical (unpaired) electrons. The molecule has 21 heavy (non-hydrogen) atoms. The van der Waals surface area contributed by atoms with E-state index in [1.807, 2.05) is 0 Å². The highest BCUT2D eigenvalue weighted by Crippen LogP contribution is 2.13. The van der Waals surface area contributed by atoms with E-state index in [9.17, 15) is 9.59 Å². The van der Waals surface area contributed by atoms with E-state index in [4.69, 9.17) is 5.11 Å². The van der Waals surface area contributed by atoms with E-state index in [1.165, 1.54) is 12.3 Å². The van der Waals surface area contributed by atoms with Crippen molar-refractivity contribution in [2.24, 2.45) is 0 Å². The Morgan fingerprint density at radius 1 is 1.14 bits per heavy atom. The first-order chi connectivity index (χ1) is 10.0. The van der Waals surface area contributed by atoms with E-state index in [1.54, 1.807) is 36.4 Å². The molecule has 1 aromatic carbocycles. The largest absolute Gasteiger partial charge is 0.478 e. The minimum absolute atomic E-state index is 0.260. The van der Waals surface area contributed by atoms with Gasteiger partial charge >= 0.3 is 5.97 Å². The van der Waals surface area contributed by atoms with Gasteiger partial charge in [-0.1, -0.05) is 12.1 Å². The van der Waals surface area contributed by atoms with Crippen LogP contribution in [0.4, 0.5) is 5.69 Å². The number of carbonyl (C=O) groups excluding carboxylic acids is 1. The third kappa shape index (κ3) is 4.54. The Kier molecular flexibility index (Phi) is 4.84. The molecular weight excluding hydrogens is 336 g/mol. The maximum Gasteiger partial charge on any atom is 0.328 e. The van der Waals surface area contributed by atoms with E-state index in [0.29, 0.717) is 15.9 Å². The number of hydrogen-bond acceptors (Lipinski definition) is 3. The summed E-state index contributed by atoms with van der Waals surface area (Å²) >= 11 is 3.20. The molecule has 0 atom stereocenters. The van der Waals surface area contributed by atoms with Crippen molar-refractivity contribution in [3.8, 4) is 0 Å². The summed E-state index contributed by atoms with van der Waals surface area (Å²) in [4.78, 5) is 26.4. The highest BCUT2D eigenvalue weighted by atomic mass is 79.9. The number of nitrogens with one attached hydrogen (secondary N) is 1. The van der Waals surface area contributed by atoms with Gasteiger partial charge in [0.05, 0.1) is 5.56 Å². The Hall–Kier alpha value is -2.47. The lowest BCUT2D eigenvalue weighted by molar-refractivity contribution is -0.131. The average molecular weight is 347 g/mol. The molecule has 5 nitrogen and oxygen atoms in total. The van der Waals surface area contributed by atoms with Gasteiger partial charge in [0.15, 0.2) is 0 Å². The van der Waals surface area contributed by atoms with Crippen molar-refractivity contribution >= 4 is 39.6 Å². The average Bonchev–Trinajstić information content (AvgIpc) is 2.47. The Bertz CT molecular complexity index is 679. The number of carbonyl (C=O) groups is 2. The summed E-state index contributed by atoms with van der Waals surface area (Å²) in [6.07, 6.45) is 4.01. The number of pyridine rings is 1. The number of hydrogen-bond donors (Lipinski definition) is 2. The van der Waals surface area contributed by atoms with Gasteiger partial charge in [0, 0.05) is 18.0 Å². The number of rotatable bonds is 4. The Balaban J connectivity index is 2.04. The van der Waals surface area contributed by atoms with Crippen molar-refractivity contribution in [2.75, 3.05) is 5.32 Å².